The highest BCUT2D eigenvalue weighted by atomic mass is 35.5. The first kappa shape index (κ1) is 17.5. The van der Waals surface area contributed by atoms with Crippen molar-refractivity contribution in [3.05, 3.63) is 70.2 Å². The average Bonchev–Trinajstić information content (AvgIpc) is 2.45. The molecule has 4 nitrogen and oxygen atoms in total. The molecular formula is C17H18ClNO3S. The van der Waals surface area contributed by atoms with Crippen molar-refractivity contribution >= 4 is 27.3 Å². The summed E-state index contributed by atoms with van der Waals surface area (Å²) in [5.41, 5.74) is 2.11. The number of rotatable bonds is 6. The first-order chi connectivity index (χ1) is 10.8. The Balaban J connectivity index is 1.94. The van der Waals surface area contributed by atoms with Crippen LogP contribution in [0, 0.1) is 0 Å². The smallest absolute Gasteiger partial charge is 0.251 e. The molecule has 1 N–H and O–H groups in total. The minimum Gasteiger partial charge on any atom is -0.352 e. The number of amides is 1. The van der Waals surface area contributed by atoms with Crippen LogP contribution in [0.5, 0.6) is 0 Å². The Kier molecular flexibility index (Phi) is 5.80. The van der Waals surface area contributed by atoms with Gasteiger partial charge in [-0.25, -0.2) is 8.42 Å². The quantitative estimate of drug-likeness (QED) is 0.870. The van der Waals surface area contributed by atoms with Gasteiger partial charge in [-0.1, -0.05) is 35.9 Å². The molecule has 0 bridgehead atoms. The normalized spacial score (nSPS) is 11.2. The Morgan fingerprint density at radius 1 is 1.09 bits per heavy atom. The molecule has 0 spiro atoms. The van der Waals surface area contributed by atoms with Gasteiger partial charge in [0.15, 0.2) is 9.84 Å². The SMILES string of the molecule is CS(=O)(=O)Cc1cccc(C(=O)NCCc2cccc(Cl)c2)c1. The second-order valence-electron chi connectivity index (χ2n) is 5.41. The lowest BCUT2D eigenvalue weighted by molar-refractivity contribution is 0.0954. The topological polar surface area (TPSA) is 63.2 Å². The van der Waals surface area contributed by atoms with Crippen LogP contribution in [-0.4, -0.2) is 27.1 Å². The van der Waals surface area contributed by atoms with E-state index in [1.54, 1.807) is 30.3 Å². The fourth-order valence-corrected chi connectivity index (χ4v) is 3.22. The number of sulfone groups is 1. The number of carbonyl (C=O) groups is 1. The van der Waals surface area contributed by atoms with Crippen molar-refractivity contribution in [2.45, 2.75) is 12.2 Å². The zero-order valence-electron chi connectivity index (χ0n) is 12.8. The van der Waals surface area contributed by atoms with E-state index in [2.05, 4.69) is 5.32 Å². The zero-order valence-corrected chi connectivity index (χ0v) is 14.3. The Bertz CT molecular complexity index is 803. The number of halogens is 1. The molecule has 1 amide bonds. The Labute approximate surface area is 141 Å². The summed E-state index contributed by atoms with van der Waals surface area (Å²) in [4.78, 5) is 12.1. The third kappa shape index (κ3) is 6.04. The van der Waals surface area contributed by atoms with Crippen LogP contribution in [0.25, 0.3) is 0 Å². The third-order valence-electron chi connectivity index (χ3n) is 3.21. The van der Waals surface area contributed by atoms with Crippen LogP contribution in [-0.2, 0) is 22.0 Å². The number of hydrogen-bond acceptors (Lipinski definition) is 3. The molecule has 0 aliphatic heterocycles. The fourth-order valence-electron chi connectivity index (χ4n) is 2.22. The van der Waals surface area contributed by atoms with Gasteiger partial charge >= 0.3 is 0 Å². The Morgan fingerprint density at radius 3 is 2.48 bits per heavy atom. The van der Waals surface area contributed by atoms with E-state index in [0.717, 1.165) is 5.56 Å². The van der Waals surface area contributed by atoms with Crippen molar-refractivity contribution in [1.82, 2.24) is 5.32 Å². The number of carbonyl (C=O) groups excluding carboxylic acids is 1. The van der Waals surface area contributed by atoms with E-state index in [9.17, 15) is 13.2 Å². The molecule has 0 unspecified atom stereocenters. The standard InChI is InChI=1S/C17H18ClNO3S/c1-23(21,22)12-14-5-2-6-15(10-14)17(20)19-9-8-13-4-3-7-16(18)11-13/h2-7,10-11H,8-9,12H2,1H3,(H,19,20). The summed E-state index contributed by atoms with van der Waals surface area (Å²) in [6.45, 7) is 0.482. The molecule has 0 aromatic heterocycles. The molecule has 0 fully saturated rings. The predicted molar refractivity (Wildman–Crippen MR) is 92.5 cm³/mol. The lowest BCUT2D eigenvalue weighted by atomic mass is 10.1. The van der Waals surface area contributed by atoms with E-state index in [1.807, 2.05) is 18.2 Å². The molecule has 2 aromatic carbocycles. The summed E-state index contributed by atoms with van der Waals surface area (Å²) in [6.07, 6.45) is 1.85. The molecule has 0 saturated carbocycles. The van der Waals surface area contributed by atoms with Gasteiger partial charge in [0, 0.05) is 23.4 Å². The van der Waals surface area contributed by atoms with Crippen molar-refractivity contribution in [2.75, 3.05) is 12.8 Å². The summed E-state index contributed by atoms with van der Waals surface area (Å²) in [5.74, 6) is -0.293. The van der Waals surface area contributed by atoms with Gasteiger partial charge in [-0.2, -0.15) is 0 Å². The van der Waals surface area contributed by atoms with E-state index in [0.29, 0.717) is 29.1 Å². The van der Waals surface area contributed by atoms with Crippen molar-refractivity contribution in [1.29, 1.82) is 0 Å². The fraction of sp³-hybridized carbons (Fsp3) is 0.235. The molecule has 0 heterocycles. The average molecular weight is 352 g/mol. The van der Waals surface area contributed by atoms with Gasteiger partial charge in [0.25, 0.3) is 5.91 Å². The molecule has 0 saturated heterocycles. The van der Waals surface area contributed by atoms with Crippen molar-refractivity contribution in [3.63, 3.8) is 0 Å². The largest absolute Gasteiger partial charge is 0.352 e. The van der Waals surface area contributed by atoms with Gasteiger partial charge in [0.2, 0.25) is 0 Å². The Hall–Kier alpha value is -1.85. The van der Waals surface area contributed by atoms with Crippen molar-refractivity contribution in [2.24, 2.45) is 0 Å². The van der Waals surface area contributed by atoms with Crippen LogP contribution >= 0.6 is 11.6 Å². The molecule has 0 aliphatic rings. The second-order valence-corrected chi connectivity index (χ2v) is 7.98. The maximum Gasteiger partial charge on any atom is 0.251 e. The van der Waals surface area contributed by atoms with Gasteiger partial charge in [0.05, 0.1) is 5.75 Å². The van der Waals surface area contributed by atoms with Crippen LogP contribution in [0.1, 0.15) is 21.5 Å². The second kappa shape index (κ2) is 7.62. The summed E-state index contributed by atoms with van der Waals surface area (Å²) >= 11 is 5.92. The summed E-state index contributed by atoms with van der Waals surface area (Å²) in [7, 11) is -3.12. The van der Waals surface area contributed by atoms with E-state index in [1.165, 1.54) is 6.26 Å². The monoisotopic (exact) mass is 351 g/mol. The summed E-state index contributed by atoms with van der Waals surface area (Å²) in [5, 5.41) is 3.49. The predicted octanol–water partition coefficient (Wildman–Crippen LogP) is 2.86. The molecule has 0 aliphatic carbocycles. The maximum atomic E-state index is 12.1. The summed E-state index contributed by atoms with van der Waals surface area (Å²) in [6, 6.07) is 14.1. The zero-order chi connectivity index (χ0) is 16.9. The lowest BCUT2D eigenvalue weighted by Crippen LogP contribution is -2.25. The maximum absolute atomic E-state index is 12.1. The highest BCUT2D eigenvalue weighted by Gasteiger charge is 2.09. The van der Waals surface area contributed by atoms with Crippen molar-refractivity contribution in [3.8, 4) is 0 Å². The van der Waals surface area contributed by atoms with Gasteiger partial charge in [-0.15, -0.1) is 0 Å². The first-order valence-electron chi connectivity index (χ1n) is 7.13. The highest BCUT2D eigenvalue weighted by molar-refractivity contribution is 7.89. The molecule has 0 radical (unpaired) electrons. The molecule has 0 atom stereocenters. The number of nitrogens with one attached hydrogen (secondary N) is 1. The highest BCUT2D eigenvalue weighted by Crippen LogP contribution is 2.11. The minimum atomic E-state index is -3.12. The lowest BCUT2D eigenvalue weighted by Gasteiger charge is -2.07. The Morgan fingerprint density at radius 2 is 1.78 bits per heavy atom. The third-order valence-corrected chi connectivity index (χ3v) is 4.30. The van der Waals surface area contributed by atoms with E-state index in [-0.39, 0.29) is 11.7 Å². The molecular weight excluding hydrogens is 334 g/mol. The van der Waals surface area contributed by atoms with Crippen LogP contribution in [0.4, 0.5) is 0 Å². The number of benzene rings is 2. The molecule has 2 rings (SSSR count). The van der Waals surface area contributed by atoms with Crippen LogP contribution in [0.3, 0.4) is 0 Å². The molecule has 2 aromatic rings. The molecule has 122 valence electrons. The van der Waals surface area contributed by atoms with Gasteiger partial charge < -0.3 is 5.32 Å². The van der Waals surface area contributed by atoms with Crippen LogP contribution < -0.4 is 5.32 Å². The molecule has 6 heteroatoms. The van der Waals surface area contributed by atoms with E-state index >= 15 is 0 Å². The number of hydrogen-bond donors (Lipinski definition) is 1. The summed E-state index contributed by atoms with van der Waals surface area (Å²) < 4.78 is 22.7. The van der Waals surface area contributed by atoms with Gasteiger partial charge in [0.1, 0.15) is 0 Å². The van der Waals surface area contributed by atoms with Crippen LogP contribution in [0.2, 0.25) is 5.02 Å². The van der Waals surface area contributed by atoms with Crippen LogP contribution in [0.15, 0.2) is 48.5 Å². The van der Waals surface area contributed by atoms with Gasteiger partial charge in [-0.3, -0.25) is 4.79 Å². The van der Waals surface area contributed by atoms with E-state index in [4.69, 9.17) is 11.6 Å². The first-order valence-corrected chi connectivity index (χ1v) is 9.57. The van der Waals surface area contributed by atoms with Crippen molar-refractivity contribution < 1.29 is 13.2 Å². The van der Waals surface area contributed by atoms with E-state index < -0.39 is 9.84 Å². The minimum absolute atomic E-state index is 0.0728. The molecule has 23 heavy (non-hydrogen) atoms. The van der Waals surface area contributed by atoms with Gasteiger partial charge in [-0.05, 0) is 41.8 Å².